The number of rotatable bonds is 1. The molecule has 1 aromatic rings. The predicted octanol–water partition coefficient (Wildman–Crippen LogP) is 1.65. The Labute approximate surface area is 164 Å². The van der Waals surface area contributed by atoms with Gasteiger partial charge in [-0.15, -0.1) is 0 Å². The molecule has 1 aromatic carbocycles. The largest absolute Gasteiger partial charge is 0.468 e. The van der Waals surface area contributed by atoms with Crippen molar-refractivity contribution in [1.29, 1.82) is 0 Å². The zero-order chi connectivity index (χ0) is 19.4. The summed E-state index contributed by atoms with van der Waals surface area (Å²) < 4.78 is 11.7. The number of methoxy groups -OCH3 is 1. The number of benzene rings is 1. The lowest BCUT2D eigenvalue weighted by atomic mass is 9.61. The summed E-state index contributed by atoms with van der Waals surface area (Å²) in [6.07, 6.45) is 2.59. The maximum atomic E-state index is 13.9. The van der Waals surface area contributed by atoms with Gasteiger partial charge in [0.05, 0.1) is 19.8 Å². The van der Waals surface area contributed by atoms with Crippen LogP contribution in [-0.4, -0.2) is 67.7 Å². The topological polar surface area (TPSA) is 59.1 Å². The third kappa shape index (κ3) is 1.44. The minimum absolute atomic E-state index is 0.0409. The average molecular weight is 380 g/mol. The molecule has 28 heavy (non-hydrogen) atoms. The standard InChI is InChI=1S/C22H24N2O4/c1-4-12-10-24-16-9-14(12)21(20(26)27-3)11-28-19(17(21)24)22(16)18(25)13-7-5-6-8-15(13)23(22)2/h4-8,14,16-17,19H,9-11H2,1-3H3/b12-4-. The van der Waals surface area contributed by atoms with E-state index in [1.54, 1.807) is 0 Å². The molecule has 0 amide bonds. The van der Waals surface area contributed by atoms with Gasteiger partial charge in [-0.05, 0) is 25.5 Å². The lowest BCUT2D eigenvalue weighted by Crippen LogP contribution is -2.68. The van der Waals surface area contributed by atoms with E-state index in [2.05, 4.69) is 15.9 Å². The number of ether oxygens (including phenoxy) is 2. The van der Waals surface area contributed by atoms with Crippen LogP contribution in [0.4, 0.5) is 5.69 Å². The van der Waals surface area contributed by atoms with E-state index in [0.717, 1.165) is 24.2 Å². The van der Waals surface area contributed by atoms with Crippen molar-refractivity contribution < 1.29 is 19.1 Å². The summed E-state index contributed by atoms with van der Waals surface area (Å²) in [5.41, 5.74) is 1.51. The fourth-order valence-electron chi connectivity index (χ4n) is 7.24. The summed E-state index contributed by atoms with van der Waals surface area (Å²) in [5, 5.41) is 0. The molecule has 4 bridgehead atoms. The van der Waals surface area contributed by atoms with Crippen molar-refractivity contribution in [1.82, 2.24) is 4.90 Å². The van der Waals surface area contributed by atoms with Crippen molar-refractivity contribution in [2.45, 2.75) is 37.1 Å². The smallest absolute Gasteiger partial charge is 0.316 e. The van der Waals surface area contributed by atoms with Gasteiger partial charge in [0.2, 0.25) is 0 Å². The van der Waals surface area contributed by atoms with Gasteiger partial charge in [0.25, 0.3) is 0 Å². The van der Waals surface area contributed by atoms with Gasteiger partial charge in [-0.1, -0.05) is 23.8 Å². The molecule has 5 saturated heterocycles. The molecule has 0 saturated carbocycles. The zero-order valence-electron chi connectivity index (χ0n) is 16.3. The van der Waals surface area contributed by atoms with Crippen LogP contribution in [0.1, 0.15) is 23.7 Å². The molecule has 6 heteroatoms. The molecular formula is C22H24N2O4. The van der Waals surface area contributed by atoms with E-state index in [1.165, 1.54) is 12.7 Å². The fraction of sp³-hybridized carbons (Fsp3) is 0.545. The van der Waals surface area contributed by atoms with Crippen LogP contribution in [0, 0.1) is 11.3 Å². The molecule has 7 unspecified atom stereocenters. The van der Waals surface area contributed by atoms with E-state index >= 15 is 0 Å². The van der Waals surface area contributed by atoms with Gasteiger partial charge in [0.15, 0.2) is 5.78 Å². The Balaban J connectivity index is 1.58. The van der Waals surface area contributed by atoms with E-state index < -0.39 is 11.0 Å². The highest BCUT2D eigenvalue weighted by atomic mass is 16.5. The van der Waals surface area contributed by atoms with Crippen LogP contribution in [0.2, 0.25) is 0 Å². The number of Topliss-reactive ketones (excluding diaryl/α,β-unsaturated/α-hetero) is 1. The van der Waals surface area contributed by atoms with Crippen LogP contribution in [0.5, 0.6) is 0 Å². The number of fused-ring (bicyclic) bond motifs is 3. The van der Waals surface area contributed by atoms with Crippen LogP contribution >= 0.6 is 0 Å². The second-order valence-corrected chi connectivity index (χ2v) is 8.78. The minimum Gasteiger partial charge on any atom is -0.468 e. The third-order valence-electron chi connectivity index (χ3n) is 8.27. The lowest BCUT2D eigenvalue weighted by Gasteiger charge is -2.56. The van der Waals surface area contributed by atoms with E-state index in [0.29, 0.717) is 6.61 Å². The van der Waals surface area contributed by atoms with E-state index in [9.17, 15) is 9.59 Å². The molecule has 0 aromatic heterocycles. The van der Waals surface area contributed by atoms with Crippen LogP contribution in [0.25, 0.3) is 0 Å². The number of allylic oxidation sites excluding steroid dienone is 1. The van der Waals surface area contributed by atoms with Gasteiger partial charge >= 0.3 is 5.97 Å². The summed E-state index contributed by atoms with van der Waals surface area (Å²) in [6, 6.07) is 7.74. The number of ketones is 1. The number of carbonyl (C=O) groups is 2. The van der Waals surface area contributed by atoms with Crippen LogP contribution in [-0.2, 0) is 14.3 Å². The molecule has 6 heterocycles. The van der Waals surface area contributed by atoms with Crippen molar-refractivity contribution in [3.05, 3.63) is 41.5 Å². The Hall–Kier alpha value is -2.18. The van der Waals surface area contributed by atoms with Crippen LogP contribution in [0.3, 0.4) is 0 Å². The van der Waals surface area contributed by atoms with E-state index in [4.69, 9.17) is 9.47 Å². The molecule has 0 radical (unpaired) electrons. The quantitative estimate of drug-likeness (QED) is 0.545. The summed E-state index contributed by atoms with van der Waals surface area (Å²) in [5.74, 6) is 0.00717. The fourth-order valence-corrected chi connectivity index (χ4v) is 7.24. The number of hydrogen-bond donors (Lipinski definition) is 0. The molecule has 6 aliphatic rings. The first-order valence-corrected chi connectivity index (χ1v) is 10.0. The third-order valence-corrected chi connectivity index (χ3v) is 8.27. The second kappa shape index (κ2) is 5.05. The van der Waals surface area contributed by atoms with Crippen molar-refractivity contribution >= 4 is 17.4 Å². The van der Waals surface area contributed by atoms with Crippen LogP contribution in [0.15, 0.2) is 35.9 Å². The monoisotopic (exact) mass is 380 g/mol. The van der Waals surface area contributed by atoms with Crippen molar-refractivity contribution in [3.63, 3.8) is 0 Å². The first-order chi connectivity index (χ1) is 13.5. The normalized spacial score (nSPS) is 46.0. The first kappa shape index (κ1) is 16.7. The summed E-state index contributed by atoms with van der Waals surface area (Å²) in [7, 11) is 3.47. The van der Waals surface area contributed by atoms with Gasteiger partial charge in [-0.3, -0.25) is 14.5 Å². The molecule has 7 rings (SSSR count). The zero-order valence-corrected chi connectivity index (χ0v) is 16.3. The summed E-state index contributed by atoms with van der Waals surface area (Å²) >= 11 is 0. The Morgan fingerprint density at radius 1 is 1.36 bits per heavy atom. The predicted molar refractivity (Wildman–Crippen MR) is 102 cm³/mol. The summed E-state index contributed by atoms with van der Waals surface area (Å²) in [6.45, 7) is 3.16. The number of carbonyl (C=O) groups excluding carboxylic acids is 2. The number of anilines is 1. The molecule has 1 spiro atoms. The highest BCUT2D eigenvalue weighted by Crippen LogP contribution is 2.66. The second-order valence-electron chi connectivity index (χ2n) is 8.78. The number of piperidine rings is 3. The Morgan fingerprint density at radius 3 is 2.86 bits per heavy atom. The molecule has 0 N–H and O–H groups in total. The maximum Gasteiger partial charge on any atom is 0.316 e. The van der Waals surface area contributed by atoms with Gasteiger partial charge < -0.3 is 14.4 Å². The van der Waals surface area contributed by atoms with Gasteiger partial charge in [0.1, 0.15) is 17.1 Å². The molecule has 6 aliphatic heterocycles. The number of likely N-dealkylation sites (N-methyl/N-ethyl adjacent to an activating group) is 1. The molecule has 6 nitrogen and oxygen atoms in total. The number of hydrogen-bond acceptors (Lipinski definition) is 6. The minimum atomic E-state index is -0.766. The van der Waals surface area contributed by atoms with E-state index in [1.807, 2.05) is 38.2 Å². The number of nitrogens with zero attached hydrogens (tertiary/aromatic N) is 2. The maximum absolute atomic E-state index is 13.9. The van der Waals surface area contributed by atoms with Gasteiger partial charge in [-0.25, -0.2) is 0 Å². The van der Waals surface area contributed by atoms with Crippen LogP contribution < -0.4 is 4.90 Å². The van der Waals surface area contributed by atoms with Gasteiger partial charge in [-0.2, -0.15) is 0 Å². The highest BCUT2D eigenvalue weighted by molar-refractivity contribution is 6.15. The first-order valence-electron chi connectivity index (χ1n) is 10.0. The summed E-state index contributed by atoms with van der Waals surface area (Å²) in [4.78, 5) is 31.5. The van der Waals surface area contributed by atoms with E-state index in [-0.39, 0.29) is 35.9 Å². The van der Waals surface area contributed by atoms with Crippen molar-refractivity contribution in [2.24, 2.45) is 11.3 Å². The SMILES string of the molecule is C/C=C1/CN2C3C4OCC3(C(=O)OC)C1CC2C41C(=O)c2ccccc2N1C. The highest BCUT2D eigenvalue weighted by Gasteiger charge is 2.82. The van der Waals surface area contributed by atoms with Crippen molar-refractivity contribution in [3.8, 4) is 0 Å². The molecule has 7 atom stereocenters. The Bertz CT molecular complexity index is 958. The van der Waals surface area contributed by atoms with Gasteiger partial charge in [0, 0.05) is 36.8 Å². The Kier molecular flexibility index (Phi) is 3.02. The molecular weight excluding hydrogens is 356 g/mol. The number of esters is 1. The molecule has 5 fully saturated rings. The molecule has 0 aliphatic carbocycles. The Morgan fingerprint density at radius 2 is 2.14 bits per heavy atom. The average Bonchev–Trinajstić information content (AvgIpc) is 3.32. The van der Waals surface area contributed by atoms with Crippen molar-refractivity contribution in [2.75, 3.05) is 32.2 Å². The lowest BCUT2D eigenvalue weighted by molar-refractivity contribution is -0.167. The molecule has 146 valence electrons. The number of para-hydroxylation sites is 1.